The van der Waals surface area contributed by atoms with Crippen molar-refractivity contribution in [1.82, 2.24) is 18.7 Å². The van der Waals surface area contributed by atoms with Crippen molar-refractivity contribution in [2.75, 3.05) is 0 Å². The monoisotopic (exact) mass is 1040 g/mol. The van der Waals surface area contributed by atoms with Crippen molar-refractivity contribution in [3.63, 3.8) is 0 Å². The maximum Gasteiger partial charge on any atom is 2.00 e. The topological polar surface area (TPSA) is 33.1 Å². The third-order valence-electron chi connectivity index (χ3n) is 12.3. The van der Waals surface area contributed by atoms with Gasteiger partial charge in [0.1, 0.15) is 11.5 Å². The van der Waals surface area contributed by atoms with Crippen molar-refractivity contribution in [3.05, 3.63) is 167 Å². The van der Waals surface area contributed by atoms with Gasteiger partial charge < -0.3 is 9.30 Å². The third-order valence-corrected chi connectivity index (χ3v) is 12.3. The van der Waals surface area contributed by atoms with Crippen LogP contribution < -0.4 is 13.9 Å². The van der Waals surface area contributed by atoms with E-state index in [2.05, 4.69) is 191 Å². The van der Waals surface area contributed by atoms with Crippen molar-refractivity contribution in [2.45, 2.75) is 112 Å². The Kier molecular flexibility index (Phi) is 10.6. The molecule has 65 heavy (non-hydrogen) atoms. The van der Waals surface area contributed by atoms with Crippen LogP contribution in [0.3, 0.4) is 0 Å². The molecular formula is C59H60N4OPt+2. The first-order valence-electron chi connectivity index (χ1n) is 23.8. The fourth-order valence-corrected chi connectivity index (χ4v) is 8.42. The van der Waals surface area contributed by atoms with Crippen LogP contribution in [0.2, 0.25) is 0 Å². The second kappa shape index (κ2) is 16.5. The normalized spacial score (nSPS) is 14.0. The number of fused-ring (bicyclic) bond motifs is 4. The summed E-state index contributed by atoms with van der Waals surface area (Å²) in [7, 11) is 0. The average molecular weight is 1040 g/mol. The number of pyridine rings is 1. The SMILES string of the molecule is [2H]C([2H])([2H])c1cccc2c1[N+](c1cc(C(C)(C)C)cc(C(C)(C)C)c1)=C=[N+]2c1[c-]c(Oc2[c-]c3c(cc2)c2cc(-c4ccccc4)ccc2n3-c2cc(C(C)(C)C)ccn2)cc(C(C)(C)C)c1.[Pt+2]. The van der Waals surface area contributed by atoms with Crippen LogP contribution in [0.4, 0.5) is 22.7 Å². The number of hydrogen-bond donors (Lipinski definition) is 0. The Morgan fingerprint density at radius 1 is 0.585 bits per heavy atom. The summed E-state index contributed by atoms with van der Waals surface area (Å²) in [5.74, 6) is 1.83. The van der Waals surface area contributed by atoms with Crippen LogP contribution in [-0.2, 0) is 42.7 Å². The summed E-state index contributed by atoms with van der Waals surface area (Å²) in [6.45, 7) is 24.0. The van der Waals surface area contributed by atoms with E-state index in [-0.39, 0.29) is 48.3 Å². The zero-order chi connectivity index (χ0) is 48.0. The van der Waals surface area contributed by atoms with E-state index in [1.54, 1.807) is 6.07 Å². The van der Waals surface area contributed by atoms with Gasteiger partial charge in [-0.2, -0.15) is 6.07 Å². The number of para-hydroxylation sites is 1. The molecule has 0 saturated carbocycles. The average Bonchev–Trinajstić information content (AvgIpc) is 3.81. The molecule has 0 aliphatic carbocycles. The summed E-state index contributed by atoms with van der Waals surface area (Å²) in [5.41, 5.74) is 11.0. The van der Waals surface area contributed by atoms with Gasteiger partial charge in [-0.1, -0.05) is 166 Å². The number of rotatable bonds is 6. The number of ether oxygens (including phenoxy) is 1. The van der Waals surface area contributed by atoms with Crippen LogP contribution in [0.15, 0.2) is 128 Å². The Morgan fingerprint density at radius 3 is 1.92 bits per heavy atom. The molecule has 0 unspecified atom stereocenters. The van der Waals surface area contributed by atoms with Gasteiger partial charge in [-0.25, -0.2) is 4.98 Å². The van der Waals surface area contributed by atoms with E-state index in [0.29, 0.717) is 28.6 Å². The van der Waals surface area contributed by atoms with Crippen LogP contribution in [0, 0.1) is 19.0 Å². The molecule has 6 aromatic carbocycles. The van der Waals surface area contributed by atoms with Gasteiger partial charge >= 0.3 is 32.8 Å². The van der Waals surface area contributed by atoms with Gasteiger partial charge in [-0.3, -0.25) is 0 Å². The van der Waals surface area contributed by atoms with Crippen LogP contribution in [0.5, 0.6) is 11.5 Å². The van der Waals surface area contributed by atoms with E-state index >= 15 is 0 Å². The minimum Gasteiger partial charge on any atom is -0.509 e. The van der Waals surface area contributed by atoms with Gasteiger partial charge in [0.25, 0.3) is 5.69 Å². The zero-order valence-corrected chi connectivity index (χ0v) is 41.9. The van der Waals surface area contributed by atoms with E-state index in [1.807, 2.05) is 45.7 Å². The van der Waals surface area contributed by atoms with Gasteiger partial charge in [0.15, 0.2) is 0 Å². The molecule has 6 heteroatoms. The van der Waals surface area contributed by atoms with Crippen LogP contribution in [0.1, 0.15) is 115 Å². The smallest absolute Gasteiger partial charge is 0.509 e. The van der Waals surface area contributed by atoms with Crippen LogP contribution in [0.25, 0.3) is 38.8 Å². The number of aromatic nitrogens is 2. The predicted molar refractivity (Wildman–Crippen MR) is 269 cm³/mol. The molecule has 0 N–H and O–H groups in total. The molecule has 0 spiro atoms. The third kappa shape index (κ3) is 8.82. The summed E-state index contributed by atoms with van der Waals surface area (Å²) in [5, 5.41) is 2.12. The molecule has 1 aliphatic heterocycles. The maximum atomic E-state index is 8.70. The first-order chi connectivity index (χ1) is 31.3. The largest absolute Gasteiger partial charge is 2.00 e. The standard InChI is InChI=1S/C59H60N4O.Pt/c1-38-18-17-21-52-55(38)62(45-30-42(57(5,6)7)29-43(31-45)58(8,9)10)37-61(52)46-32-44(59(11,12)13)33-48(35-46)64-47-23-24-49-50-28-40(39-19-15-14-16-20-39)22-25-51(50)63(53(49)36-47)54-34-41(26-27-60-54)56(2,3)4;/h14-34H,1-13H3;/q;+2/i1D3;. The second-order valence-electron chi connectivity index (χ2n) is 21.4. The number of nitrogens with zero attached hydrogens (tertiary/aromatic N) is 4. The molecule has 5 nitrogen and oxygen atoms in total. The van der Waals surface area contributed by atoms with E-state index in [4.69, 9.17) is 13.8 Å². The van der Waals surface area contributed by atoms with E-state index < -0.39 is 6.85 Å². The quantitative estimate of drug-likeness (QED) is 0.123. The summed E-state index contributed by atoms with van der Waals surface area (Å²) >= 11 is 0. The Balaban J connectivity index is 0.00000625. The van der Waals surface area contributed by atoms with Gasteiger partial charge in [0.2, 0.25) is 5.69 Å². The van der Waals surface area contributed by atoms with Crippen LogP contribution in [-0.4, -0.2) is 15.6 Å². The molecule has 0 bridgehead atoms. The Bertz CT molecular complexity index is 3300. The van der Waals surface area contributed by atoms with Crippen molar-refractivity contribution >= 4 is 50.6 Å². The van der Waals surface area contributed by atoms with Crippen molar-refractivity contribution in [2.24, 2.45) is 0 Å². The molecule has 0 atom stereocenters. The number of benzene rings is 6. The molecule has 3 heterocycles. The Morgan fingerprint density at radius 2 is 1.26 bits per heavy atom. The molecule has 1 aliphatic rings. The fourth-order valence-electron chi connectivity index (χ4n) is 8.42. The fraction of sp³-hybridized carbons (Fsp3) is 0.288. The molecule has 330 valence electrons. The molecular weight excluding hydrogens is 976 g/mol. The molecule has 0 amide bonds. The van der Waals surface area contributed by atoms with Crippen molar-refractivity contribution in [3.8, 4) is 28.4 Å². The molecule has 0 radical (unpaired) electrons. The molecule has 0 fully saturated rings. The Hall–Kier alpha value is -5.86. The van der Waals surface area contributed by atoms with Gasteiger partial charge in [0, 0.05) is 51.1 Å². The zero-order valence-electron chi connectivity index (χ0n) is 42.6. The molecule has 8 aromatic rings. The molecule has 0 saturated heterocycles. The van der Waals surface area contributed by atoms with E-state index in [9.17, 15) is 0 Å². The minimum absolute atomic E-state index is 0. The predicted octanol–water partition coefficient (Wildman–Crippen LogP) is 15.6. The number of hydrogen-bond acceptors (Lipinski definition) is 2. The van der Waals surface area contributed by atoms with Gasteiger partial charge in [0.05, 0.1) is 0 Å². The maximum absolute atomic E-state index is 8.70. The van der Waals surface area contributed by atoms with E-state index in [0.717, 1.165) is 61.1 Å². The van der Waals surface area contributed by atoms with Crippen molar-refractivity contribution < 1.29 is 29.9 Å². The summed E-state index contributed by atoms with van der Waals surface area (Å²) in [4.78, 5) is 4.93. The van der Waals surface area contributed by atoms with E-state index in [1.165, 1.54) is 5.56 Å². The minimum atomic E-state index is -2.38. The summed E-state index contributed by atoms with van der Waals surface area (Å²) < 4.78 is 39.0. The molecule has 9 rings (SSSR count). The number of aryl methyl sites for hydroxylation is 1. The summed E-state index contributed by atoms with van der Waals surface area (Å²) in [6.07, 6.45) is 1.89. The van der Waals surface area contributed by atoms with Gasteiger partial charge in [-0.05, 0) is 84.5 Å². The van der Waals surface area contributed by atoms with Gasteiger partial charge in [-0.15, -0.1) is 29.1 Å². The summed E-state index contributed by atoms with van der Waals surface area (Å²) in [6, 6.07) is 52.5. The second-order valence-corrected chi connectivity index (χ2v) is 21.4. The Labute approximate surface area is 404 Å². The van der Waals surface area contributed by atoms with Crippen LogP contribution >= 0.6 is 0 Å². The molecule has 2 aromatic heterocycles. The first-order valence-corrected chi connectivity index (χ1v) is 22.3. The van der Waals surface area contributed by atoms with Crippen molar-refractivity contribution in [1.29, 1.82) is 0 Å². The first kappa shape index (κ1) is 41.8.